The van der Waals surface area contributed by atoms with Gasteiger partial charge in [-0.25, -0.2) is 8.42 Å². The highest BCUT2D eigenvalue weighted by atomic mass is 32.2. The number of benzene rings is 1. The lowest BCUT2D eigenvalue weighted by molar-refractivity contribution is -0.121. The number of rotatable bonds is 1. The maximum Gasteiger partial charge on any atom is 0.231 e. The maximum absolute atomic E-state index is 12.6. The van der Waals surface area contributed by atoms with Crippen LogP contribution in [0.15, 0.2) is 24.3 Å². The lowest BCUT2D eigenvalue weighted by Gasteiger charge is -2.25. The molecule has 19 heavy (non-hydrogen) atoms. The van der Waals surface area contributed by atoms with E-state index in [1.807, 2.05) is 31.2 Å². The minimum absolute atomic E-state index is 0.0111. The molecule has 0 bridgehead atoms. The first-order chi connectivity index (χ1) is 8.98. The average Bonchev–Trinajstić information content (AvgIpc) is 2.87. The van der Waals surface area contributed by atoms with Crippen LogP contribution in [-0.2, 0) is 21.1 Å². The summed E-state index contributed by atoms with van der Waals surface area (Å²) >= 11 is 0. The van der Waals surface area contributed by atoms with Crippen LogP contribution in [0.1, 0.15) is 18.9 Å². The summed E-state index contributed by atoms with van der Waals surface area (Å²) in [5.41, 5.74) is 2.12. The van der Waals surface area contributed by atoms with Crippen LogP contribution in [0.4, 0.5) is 5.69 Å². The molecule has 1 aromatic carbocycles. The van der Waals surface area contributed by atoms with Crippen LogP contribution >= 0.6 is 0 Å². The first-order valence-electron chi connectivity index (χ1n) is 6.59. The van der Waals surface area contributed by atoms with E-state index in [9.17, 15) is 13.2 Å². The number of sulfone groups is 1. The predicted molar refractivity (Wildman–Crippen MR) is 73.9 cm³/mol. The van der Waals surface area contributed by atoms with Crippen molar-refractivity contribution in [2.75, 3.05) is 16.4 Å². The SMILES string of the molecule is CC1Cc2ccccc2N1C(=O)C1CCS(=O)(=O)C1. The molecule has 102 valence electrons. The molecule has 0 radical (unpaired) electrons. The van der Waals surface area contributed by atoms with Gasteiger partial charge in [0.15, 0.2) is 9.84 Å². The molecule has 0 aliphatic carbocycles. The Labute approximate surface area is 113 Å². The van der Waals surface area contributed by atoms with Gasteiger partial charge in [-0.3, -0.25) is 4.79 Å². The highest BCUT2D eigenvalue weighted by Gasteiger charge is 2.39. The monoisotopic (exact) mass is 279 g/mol. The third-order valence-electron chi connectivity index (χ3n) is 4.03. The third kappa shape index (κ3) is 2.16. The summed E-state index contributed by atoms with van der Waals surface area (Å²) in [4.78, 5) is 14.4. The smallest absolute Gasteiger partial charge is 0.231 e. The van der Waals surface area contributed by atoms with E-state index < -0.39 is 9.84 Å². The second-order valence-corrected chi connectivity index (χ2v) is 7.72. The third-order valence-corrected chi connectivity index (χ3v) is 5.79. The fourth-order valence-electron chi connectivity index (χ4n) is 3.09. The van der Waals surface area contributed by atoms with E-state index in [1.54, 1.807) is 4.90 Å². The van der Waals surface area contributed by atoms with Crippen LogP contribution in [-0.4, -0.2) is 31.9 Å². The van der Waals surface area contributed by atoms with E-state index in [-0.39, 0.29) is 29.4 Å². The molecule has 2 unspecified atom stereocenters. The number of para-hydroxylation sites is 1. The predicted octanol–water partition coefficient (Wildman–Crippen LogP) is 1.40. The summed E-state index contributed by atoms with van der Waals surface area (Å²) in [6.45, 7) is 2.02. The molecule has 0 N–H and O–H groups in total. The fraction of sp³-hybridized carbons (Fsp3) is 0.500. The molecule has 2 aliphatic rings. The Bertz CT molecular complexity index is 623. The zero-order valence-corrected chi connectivity index (χ0v) is 11.7. The van der Waals surface area contributed by atoms with Crippen molar-refractivity contribution in [3.8, 4) is 0 Å². The molecular weight excluding hydrogens is 262 g/mol. The molecule has 1 aromatic rings. The topological polar surface area (TPSA) is 54.5 Å². The summed E-state index contributed by atoms with van der Waals surface area (Å²) in [6.07, 6.45) is 1.31. The maximum atomic E-state index is 12.6. The second-order valence-electron chi connectivity index (χ2n) is 5.49. The van der Waals surface area contributed by atoms with Crippen molar-refractivity contribution in [2.45, 2.75) is 25.8 Å². The van der Waals surface area contributed by atoms with Crippen LogP contribution < -0.4 is 4.90 Å². The first kappa shape index (κ1) is 12.7. The lowest BCUT2D eigenvalue weighted by atomic mass is 10.1. The molecule has 5 heteroatoms. The van der Waals surface area contributed by atoms with Gasteiger partial charge in [0.25, 0.3) is 0 Å². The molecule has 1 fully saturated rings. The summed E-state index contributed by atoms with van der Waals surface area (Å²) in [5, 5.41) is 0. The fourth-order valence-corrected chi connectivity index (χ4v) is 4.82. The largest absolute Gasteiger partial charge is 0.309 e. The minimum Gasteiger partial charge on any atom is -0.309 e. The van der Waals surface area contributed by atoms with Gasteiger partial charge in [-0.05, 0) is 31.4 Å². The van der Waals surface area contributed by atoms with Crippen LogP contribution in [0.25, 0.3) is 0 Å². The van der Waals surface area contributed by atoms with Crippen molar-refractivity contribution in [2.24, 2.45) is 5.92 Å². The van der Waals surface area contributed by atoms with Gasteiger partial charge in [0.1, 0.15) is 0 Å². The van der Waals surface area contributed by atoms with Gasteiger partial charge in [0, 0.05) is 11.7 Å². The Kier molecular flexibility index (Phi) is 2.89. The first-order valence-corrected chi connectivity index (χ1v) is 8.41. The Morgan fingerprint density at radius 1 is 1.32 bits per heavy atom. The van der Waals surface area contributed by atoms with E-state index >= 15 is 0 Å². The van der Waals surface area contributed by atoms with Gasteiger partial charge in [-0.15, -0.1) is 0 Å². The zero-order chi connectivity index (χ0) is 13.6. The molecule has 0 aromatic heterocycles. The molecule has 2 aliphatic heterocycles. The Balaban J connectivity index is 1.89. The number of carbonyl (C=O) groups is 1. The van der Waals surface area contributed by atoms with Gasteiger partial charge in [-0.1, -0.05) is 18.2 Å². The van der Waals surface area contributed by atoms with Gasteiger partial charge in [-0.2, -0.15) is 0 Å². The van der Waals surface area contributed by atoms with Crippen LogP contribution in [0.2, 0.25) is 0 Å². The summed E-state index contributed by atoms with van der Waals surface area (Å²) < 4.78 is 23.0. The van der Waals surface area contributed by atoms with Gasteiger partial charge in [0.05, 0.1) is 17.4 Å². The molecule has 1 amide bonds. The van der Waals surface area contributed by atoms with Crippen LogP contribution in [0.5, 0.6) is 0 Å². The summed E-state index contributed by atoms with van der Waals surface area (Å²) in [5.74, 6) is -0.234. The van der Waals surface area contributed by atoms with Crippen molar-refractivity contribution in [1.82, 2.24) is 0 Å². The number of carbonyl (C=O) groups excluding carboxylic acids is 1. The number of fused-ring (bicyclic) bond motifs is 1. The second kappa shape index (κ2) is 4.34. The molecule has 3 rings (SSSR count). The van der Waals surface area contributed by atoms with Crippen LogP contribution in [0, 0.1) is 5.92 Å². The number of nitrogens with zero attached hydrogens (tertiary/aromatic N) is 1. The van der Waals surface area contributed by atoms with Crippen molar-refractivity contribution in [1.29, 1.82) is 0 Å². The number of anilines is 1. The quantitative estimate of drug-likeness (QED) is 0.781. The Hall–Kier alpha value is -1.36. The molecule has 2 atom stereocenters. The van der Waals surface area contributed by atoms with Crippen molar-refractivity contribution >= 4 is 21.4 Å². The van der Waals surface area contributed by atoms with Crippen molar-refractivity contribution in [3.63, 3.8) is 0 Å². The normalized spacial score (nSPS) is 28.4. The molecule has 2 heterocycles. The molecule has 0 saturated carbocycles. The van der Waals surface area contributed by atoms with Crippen molar-refractivity contribution < 1.29 is 13.2 Å². The summed E-state index contributed by atoms with van der Waals surface area (Å²) in [7, 11) is -3.01. The van der Waals surface area contributed by atoms with E-state index in [4.69, 9.17) is 0 Å². The molecule has 0 spiro atoms. The van der Waals surface area contributed by atoms with Gasteiger partial charge >= 0.3 is 0 Å². The van der Waals surface area contributed by atoms with E-state index in [1.165, 1.54) is 5.56 Å². The lowest BCUT2D eigenvalue weighted by Crippen LogP contribution is -2.40. The van der Waals surface area contributed by atoms with E-state index in [2.05, 4.69) is 0 Å². The van der Waals surface area contributed by atoms with Gasteiger partial charge in [0.2, 0.25) is 5.91 Å². The average molecular weight is 279 g/mol. The van der Waals surface area contributed by atoms with Gasteiger partial charge < -0.3 is 4.90 Å². The minimum atomic E-state index is -3.01. The Morgan fingerprint density at radius 3 is 2.74 bits per heavy atom. The summed E-state index contributed by atoms with van der Waals surface area (Å²) in [6, 6.07) is 7.99. The standard InChI is InChI=1S/C14H17NO3S/c1-10-8-11-4-2-3-5-13(11)15(10)14(16)12-6-7-19(17,18)9-12/h2-5,10,12H,6-9H2,1H3. The molecule has 1 saturated heterocycles. The Morgan fingerprint density at radius 2 is 2.05 bits per heavy atom. The number of hydrogen-bond acceptors (Lipinski definition) is 3. The molecular formula is C14H17NO3S. The number of hydrogen-bond donors (Lipinski definition) is 0. The van der Waals surface area contributed by atoms with Crippen LogP contribution in [0.3, 0.4) is 0 Å². The highest BCUT2D eigenvalue weighted by molar-refractivity contribution is 7.91. The zero-order valence-electron chi connectivity index (χ0n) is 10.9. The molecule has 4 nitrogen and oxygen atoms in total. The van der Waals surface area contributed by atoms with E-state index in [0.29, 0.717) is 6.42 Å². The van der Waals surface area contributed by atoms with E-state index in [0.717, 1.165) is 12.1 Å². The highest BCUT2D eigenvalue weighted by Crippen LogP contribution is 2.34. The number of amides is 1. The van der Waals surface area contributed by atoms with Crippen molar-refractivity contribution in [3.05, 3.63) is 29.8 Å².